The van der Waals surface area contributed by atoms with E-state index in [0.717, 1.165) is 22.3 Å². The molecule has 2 aromatic rings. The molecular formula is C10H11BrN2OS. The summed E-state index contributed by atoms with van der Waals surface area (Å²) in [6.45, 7) is 2.84. The Kier molecular flexibility index (Phi) is 3.23. The van der Waals surface area contributed by atoms with E-state index in [1.54, 1.807) is 23.9 Å². The van der Waals surface area contributed by atoms with Crippen LogP contribution >= 0.6 is 27.3 Å². The van der Waals surface area contributed by atoms with Crippen molar-refractivity contribution in [3.05, 3.63) is 39.0 Å². The van der Waals surface area contributed by atoms with Crippen molar-refractivity contribution in [2.24, 2.45) is 0 Å². The number of aliphatic hydroxyl groups excluding tert-OH is 1. The van der Waals surface area contributed by atoms with Crippen LogP contribution < -0.4 is 0 Å². The zero-order valence-electron chi connectivity index (χ0n) is 8.22. The van der Waals surface area contributed by atoms with Gasteiger partial charge in [-0.1, -0.05) is 0 Å². The lowest BCUT2D eigenvalue weighted by Gasteiger charge is -2.11. The van der Waals surface area contributed by atoms with E-state index in [2.05, 4.69) is 20.9 Å². The molecule has 0 aliphatic rings. The average Bonchev–Trinajstić information content (AvgIpc) is 2.84. The Hall–Kier alpha value is -0.650. The third-order valence-electron chi connectivity index (χ3n) is 2.30. The Balaban J connectivity index is 2.36. The molecule has 0 amide bonds. The van der Waals surface area contributed by atoms with Gasteiger partial charge in [0.2, 0.25) is 0 Å². The van der Waals surface area contributed by atoms with Crippen LogP contribution in [0.5, 0.6) is 0 Å². The minimum absolute atomic E-state index is 0.604. The van der Waals surface area contributed by atoms with Gasteiger partial charge in [-0.3, -0.25) is 0 Å². The lowest BCUT2D eigenvalue weighted by molar-refractivity contribution is 0.210. The van der Waals surface area contributed by atoms with Crippen LogP contribution in [0.1, 0.15) is 24.3 Å². The van der Waals surface area contributed by atoms with Crippen LogP contribution in [0.15, 0.2) is 27.8 Å². The van der Waals surface area contributed by atoms with E-state index in [9.17, 15) is 5.11 Å². The summed E-state index contributed by atoms with van der Waals surface area (Å²) >= 11 is 4.99. The number of hydrogen-bond acceptors (Lipinski definition) is 3. The molecule has 1 atom stereocenters. The molecule has 0 radical (unpaired) electrons. The molecule has 0 fully saturated rings. The highest BCUT2D eigenvalue weighted by Crippen LogP contribution is 2.31. The smallest absolute Gasteiger partial charge is 0.122 e. The number of halogens is 1. The molecule has 3 nitrogen and oxygen atoms in total. The van der Waals surface area contributed by atoms with Crippen LogP contribution in [0.3, 0.4) is 0 Å². The van der Waals surface area contributed by atoms with Gasteiger partial charge in [-0.2, -0.15) is 11.3 Å². The molecule has 0 spiro atoms. The van der Waals surface area contributed by atoms with Crippen LogP contribution in [0.4, 0.5) is 0 Å². The summed E-state index contributed by atoms with van der Waals surface area (Å²) in [5.74, 6) is 0. The van der Waals surface area contributed by atoms with Crippen LogP contribution in [0, 0.1) is 0 Å². The standard InChI is InChI=1S/C10H11BrN2OS/c1-2-13-6-12-3-9(13)10(14)7-4-15-5-8(7)11/h3-6,10,14H,2H2,1H3. The maximum atomic E-state index is 10.2. The molecule has 2 rings (SSSR count). The van der Waals surface area contributed by atoms with Gasteiger partial charge in [0.1, 0.15) is 6.10 Å². The Morgan fingerprint density at radius 2 is 2.40 bits per heavy atom. The van der Waals surface area contributed by atoms with Gasteiger partial charge in [-0.15, -0.1) is 0 Å². The molecule has 0 aliphatic heterocycles. The van der Waals surface area contributed by atoms with Crippen LogP contribution in [-0.2, 0) is 6.54 Å². The second kappa shape index (κ2) is 4.47. The molecule has 0 bridgehead atoms. The molecule has 15 heavy (non-hydrogen) atoms. The van der Waals surface area contributed by atoms with Crippen molar-refractivity contribution in [1.82, 2.24) is 9.55 Å². The lowest BCUT2D eigenvalue weighted by atomic mass is 10.1. The van der Waals surface area contributed by atoms with Gasteiger partial charge in [0.15, 0.2) is 0 Å². The zero-order chi connectivity index (χ0) is 10.8. The number of hydrogen-bond donors (Lipinski definition) is 1. The molecule has 2 heterocycles. The third-order valence-corrected chi connectivity index (χ3v) is 4.05. The molecule has 0 aliphatic carbocycles. The first-order chi connectivity index (χ1) is 7.24. The van der Waals surface area contributed by atoms with Crippen LogP contribution in [0.25, 0.3) is 0 Å². The zero-order valence-corrected chi connectivity index (χ0v) is 10.6. The first-order valence-electron chi connectivity index (χ1n) is 4.63. The molecule has 0 aromatic carbocycles. The summed E-state index contributed by atoms with van der Waals surface area (Å²) < 4.78 is 2.89. The average molecular weight is 287 g/mol. The van der Waals surface area contributed by atoms with Gasteiger partial charge in [-0.25, -0.2) is 4.98 Å². The first kappa shape index (κ1) is 10.9. The topological polar surface area (TPSA) is 38.0 Å². The number of aromatic nitrogens is 2. The van der Waals surface area contributed by atoms with E-state index in [1.807, 2.05) is 22.3 Å². The van der Waals surface area contributed by atoms with Crippen molar-refractivity contribution in [2.45, 2.75) is 19.6 Å². The van der Waals surface area contributed by atoms with E-state index in [-0.39, 0.29) is 0 Å². The Bertz CT molecular complexity index is 452. The summed E-state index contributed by atoms with van der Waals surface area (Å²) in [5.41, 5.74) is 1.73. The van der Waals surface area contributed by atoms with Crippen molar-refractivity contribution < 1.29 is 5.11 Å². The van der Waals surface area contributed by atoms with Gasteiger partial charge < -0.3 is 9.67 Å². The predicted molar refractivity (Wildman–Crippen MR) is 64.0 cm³/mol. The first-order valence-corrected chi connectivity index (χ1v) is 6.37. The molecule has 0 saturated heterocycles. The van der Waals surface area contributed by atoms with Gasteiger partial charge in [-0.05, 0) is 28.2 Å². The minimum atomic E-state index is -0.604. The molecular weight excluding hydrogens is 276 g/mol. The van der Waals surface area contributed by atoms with Crippen molar-refractivity contribution in [1.29, 1.82) is 0 Å². The summed E-state index contributed by atoms with van der Waals surface area (Å²) in [7, 11) is 0. The van der Waals surface area contributed by atoms with Gasteiger partial charge in [0.05, 0.1) is 18.2 Å². The van der Waals surface area contributed by atoms with Crippen LogP contribution in [-0.4, -0.2) is 14.7 Å². The Morgan fingerprint density at radius 1 is 1.60 bits per heavy atom. The highest BCUT2D eigenvalue weighted by molar-refractivity contribution is 9.10. The van der Waals surface area contributed by atoms with Gasteiger partial charge in [0, 0.05) is 22.0 Å². The Morgan fingerprint density at radius 3 is 3.00 bits per heavy atom. The largest absolute Gasteiger partial charge is 0.382 e. The fourth-order valence-electron chi connectivity index (χ4n) is 1.47. The summed E-state index contributed by atoms with van der Waals surface area (Å²) in [5, 5.41) is 14.1. The van der Waals surface area contributed by atoms with E-state index in [0.29, 0.717) is 0 Å². The second-order valence-electron chi connectivity index (χ2n) is 3.18. The van der Waals surface area contributed by atoms with Crippen molar-refractivity contribution in [3.63, 3.8) is 0 Å². The quantitative estimate of drug-likeness (QED) is 0.942. The fraction of sp³-hybridized carbons (Fsp3) is 0.300. The van der Waals surface area contributed by atoms with Gasteiger partial charge >= 0.3 is 0 Å². The highest BCUT2D eigenvalue weighted by Gasteiger charge is 2.17. The number of aryl methyl sites for hydroxylation is 1. The van der Waals surface area contributed by atoms with E-state index in [4.69, 9.17) is 0 Å². The SMILES string of the molecule is CCn1cncc1C(O)c1cscc1Br. The molecule has 0 saturated carbocycles. The van der Waals surface area contributed by atoms with Crippen molar-refractivity contribution >= 4 is 27.3 Å². The summed E-state index contributed by atoms with van der Waals surface area (Å²) in [6.07, 6.45) is 2.84. The molecule has 1 unspecified atom stereocenters. The minimum Gasteiger partial charge on any atom is -0.382 e. The van der Waals surface area contributed by atoms with E-state index in [1.165, 1.54) is 0 Å². The van der Waals surface area contributed by atoms with Crippen molar-refractivity contribution in [3.8, 4) is 0 Å². The van der Waals surface area contributed by atoms with Gasteiger partial charge in [0.25, 0.3) is 0 Å². The maximum absolute atomic E-state index is 10.2. The normalized spacial score (nSPS) is 13.0. The predicted octanol–water partition coefficient (Wildman–Crippen LogP) is 2.81. The molecule has 2 aromatic heterocycles. The van der Waals surface area contributed by atoms with Crippen LogP contribution in [0.2, 0.25) is 0 Å². The second-order valence-corrected chi connectivity index (χ2v) is 4.78. The Labute approximate surface area is 101 Å². The van der Waals surface area contributed by atoms with Crippen molar-refractivity contribution in [2.75, 3.05) is 0 Å². The monoisotopic (exact) mass is 286 g/mol. The molecule has 5 heteroatoms. The van der Waals surface area contributed by atoms with E-state index >= 15 is 0 Å². The number of aliphatic hydroxyl groups is 1. The molecule has 80 valence electrons. The molecule has 1 N–H and O–H groups in total. The summed E-state index contributed by atoms with van der Waals surface area (Å²) in [4.78, 5) is 4.04. The summed E-state index contributed by atoms with van der Waals surface area (Å²) in [6, 6.07) is 0. The maximum Gasteiger partial charge on any atom is 0.122 e. The fourth-order valence-corrected chi connectivity index (χ4v) is 3.00. The lowest BCUT2D eigenvalue weighted by Crippen LogP contribution is -2.06. The number of imidazole rings is 1. The number of rotatable bonds is 3. The number of nitrogens with zero attached hydrogens (tertiary/aromatic N) is 2. The number of thiophene rings is 1. The van der Waals surface area contributed by atoms with E-state index < -0.39 is 6.10 Å². The highest BCUT2D eigenvalue weighted by atomic mass is 79.9. The third kappa shape index (κ3) is 2.00.